The third-order valence-corrected chi connectivity index (χ3v) is 6.40. The van der Waals surface area contributed by atoms with Crippen LogP contribution < -0.4 is 4.74 Å². The van der Waals surface area contributed by atoms with Crippen LogP contribution in [0.15, 0.2) is 78.9 Å². The van der Waals surface area contributed by atoms with Crippen LogP contribution in [0, 0.1) is 5.92 Å². The molecule has 0 spiro atoms. The van der Waals surface area contributed by atoms with Crippen LogP contribution in [-0.4, -0.2) is 36.6 Å². The predicted molar refractivity (Wildman–Crippen MR) is 148 cm³/mol. The quantitative estimate of drug-likeness (QED) is 0.140. The van der Waals surface area contributed by atoms with Crippen molar-refractivity contribution in [3.05, 3.63) is 107 Å². The maximum atomic E-state index is 11.8. The normalized spacial score (nSPS) is 11.8. The zero-order chi connectivity index (χ0) is 26.5. The van der Waals surface area contributed by atoms with E-state index >= 15 is 0 Å². The second kappa shape index (κ2) is 14.9. The smallest absolute Gasteiger partial charge is 0.337 e. The molecule has 1 N–H and O–H groups in total. The lowest BCUT2D eigenvalue weighted by Crippen LogP contribution is -2.06. The highest BCUT2D eigenvalue weighted by atomic mass is 35.5. The van der Waals surface area contributed by atoms with Crippen molar-refractivity contribution in [2.75, 3.05) is 19.6 Å². The first-order valence-corrected chi connectivity index (χ1v) is 13.0. The maximum Gasteiger partial charge on any atom is 0.337 e. The summed E-state index contributed by atoms with van der Waals surface area (Å²) in [4.78, 5) is 22.9. The summed E-state index contributed by atoms with van der Waals surface area (Å²) in [5.41, 5.74) is 4.04. The molecule has 0 aliphatic carbocycles. The number of para-hydroxylation sites is 1. The van der Waals surface area contributed by atoms with Crippen molar-refractivity contribution in [3.8, 4) is 5.75 Å². The number of aromatic carboxylic acids is 1. The Morgan fingerprint density at radius 1 is 0.919 bits per heavy atom. The summed E-state index contributed by atoms with van der Waals surface area (Å²) in [6.07, 6.45) is 8.63. The van der Waals surface area contributed by atoms with Gasteiger partial charge in [-0.3, -0.25) is 0 Å². The van der Waals surface area contributed by atoms with Crippen LogP contribution in [0.5, 0.6) is 5.75 Å². The van der Waals surface area contributed by atoms with Crippen molar-refractivity contribution in [1.29, 1.82) is 0 Å². The lowest BCUT2D eigenvalue weighted by Gasteiger charge is -2.15. The number of unbranched alkanes of at least 4 members (excludes halogenated alkanes) is 1. The fourth-order valence-corrected chi connectivity index (χ4v) is 4.19. The third-order valence-electron chi connectivity index (χ3n) is 6.13. The number of aryl methyl sites for hydroxylation is 1. The van der Waals surface area contributed by atoms with Crippen molar-refractivity contribution in [2.24, 2.45) is 5.92 Å². The molecular formula is C31H33ClO5. The van der Waals surface area contributed by atoms with Crippen molar-refractivity contribution >= 4 is 29.6 Å². The Kier molecular flexibility index (Phi) is 11.2. The number of carboxylic acids is 1. The van der Waals surface area contributed by atoms with Crippen LogP contribution in [0.3, 0.4) is 0 Å². The van der Waals surface area contributed by atoms with Gasteiger partial charge in [0.05, 0.1) is 24.8 Å². The topological polar surface area (TPSA) is 72.8 Å². The molecule has 3 aromatic rings. The number of hydrogen-bond acceptors (Lipinski definition) is 4. The zero-order valence-corrected chi connectivity index (χ0v) is 21.8. The molecule has 3 aromatic carbocycles. The average molecular weight is 521 g/mol. The summed E-state index contributed by atoms with van der Waals surface area (Å²) in [7, 11) is 1.37. The number of carboxylic acid groups (broad SMARTS) is 1. The maximum absolute atomic E-state index is 11.8. The number of rotatable bonds is 14. The number of halogens is 1. The van der Waals surface area contributed by atoms with Gasteiger partial charge in [0.25, 0.3) is 0 Å². The average Bonchev–Trinajstić information content (AvgIpc) is 2.93. The van der Waals surface area contributed by atoms with E-state index in [0.29, 0.717) is 18.1 Å². The number of carbonyl (C=O) groups is 2. The Bertz CT molecular complexity index is 1170. The lowest BCUT2D eigenvalue weighted by molar-refractivity contribution is 0.0599. The number of carbonyl (C=O) groups excluding carboxylic acids is 1. The van der Waals surface area contributed by atoms with Crippen molar-refractivity contribution in [1.82, 2.24) is 0 Å². The monoisotopic (exact) mass is 520 g/mol. The minimum absolute atomic E-state index is 0.215. The molecule has 0 fully saturated rings. The number of hydrogen-bond donors (Lipinski definition) is 1. The second-order valence-corrected chi connectivity index (χ2v) is 9.21. The summed E-state index contributed by atoms with van der Waals surface area (Å²) in [6.45, 7) is 0.625. The Labute approximate surface area is 223 Å². The fraction of sp³-hybridized carbons (Fsp3) is 0.290. The lowest BCUT2D eigenvalue weighted by atomic mass is 9.91. The van der Waals surface area contributed by atoms with E-state index in [2.05, 4.69) is 12.2 Å². The van der Waals surface area contributed by atoms with Crippen LogP contribution in [0.4, 0.5) is 0 Å². The van der Waals surface area contributed by atoms with Crippen molar-refractivity contribution in [3.63, 3.8) is 0 Å². The Morgan fingerprint density at radius 2 is 1.59 bits per heavy atom. The van der Waals surface area contributed by atoms with Crippen LogP contribution in [-0.2, 0) is 17.6 Å². The van der Waals surface area contributed by atoms with Gasteiger partial charge in [-0.15, -0.1) is 11.6 Å². The molecule has 0 heterocycles. The van der Waals surface area contributed by atoms with Crippen molar-refractivity contribution < 1.29 is 24.2 Å². The first kappa shape index (κ1) is 28.0. The van der Waals surface area contributed by atoms with Crippen LogP contribution in [0.1, 0.15) is 56.7 Å². The van der Waals surface area contributed by atoms with Gasteiger partial charge in [0.15, 0.2) is 0 Å². The molecule has 1 atom stereocenters. The van der Waals surface area contributed by atoms with Gasteiger partial charge in [-0.25, -0.2) is 9.59 Å². The molecule has 37 heavy (non-hydrogen) atoms. The molecule has 6 heteroatoms. The highest BCUT2D eigenvalue weighted by Gasteiger charge is 2.11. The minimum atomic E-state index is -0.925. The van der Waals surface area contributed by atoms with E-state index in [-0.39, 0.29) is 17.5 Å². The van der Waals surface area contributed by atoms with E-state index in [1.165, 1.54) is 7.11 Å². The standard InChI is InChI=1S/C31H33ClO5/c1-36-31(35)28-18-13-25(14-19-28)22-24(9-8-23-10-16-27(17-11-23)30(33)34)12-15-26-6-2-3-7-29(26)37-21-5-4-20-32/h2-3,6-7,10-19,24H,4-5,8-9,20-22H2,1H3,(H,33,34). The fourth-order valence-electron chi connectivity index (χ4n) is 4.00. The molecule has 3 rings (SSSR count). The molecule has 0 aliphatic heterocycles. The third kappa shape index (κ3) is 9.10. The van der Waals surface area contributed by atoms with Gasteiger partial charge < -0.3 is 14.6 Å². The van der Waals surface area contributed by atoms with E-state index in [9.17, 15) is 9.59 Å². The van der Waals surface area contributed by atoms with E-state index in [0.717, 1.165) is 54.5 Å². The van der Waals surface area contributed by atoms with E-state index in [4.69, 9.17) is 26.2 Å². The molecule has 0 bridgehead atoms. The van der Waals surface area contributed by atoms with Gasteiger partial charge >= 0.3 is 11.9 Å². The van der Waals surface area contributed by atoms with Crippen LogP contribution in [0.25, 0.3) is 6.08 Å². The molecule has 0 aliphatic rings. The van der Waals surface area contributed by atoms with E-state index in [1.807, 2.05) is 48.5 Å². The Hall–Kier alpha value is -3.57. The first-order chi connectivity index (χ1) is 18.0. The highest BCUT2D eigenvalue weighted by molar-refractivity contribution is 6.17. The molecule has 0 saturated heterocycles. The van der Waals surface area contributed by atoms with Crippen LogP contribution in [0.2, 0.25) is 0 Å². The number of alkyl halides is 1. The Balaban J connectivity index is 1.75. The molecule has 0 radical (unpaired) electrons. The van der Waals surface area contributed by atoms with E-state index < -0.39 is 5.97 Å². The number of ether oxygens (including phenoxy) is 2. The highest BCUT2D eigenvalue weighted by Crippen LogP contribution is 2.24. The van der Waals surface area contributed by atoms with Gasteiger partial charge in [0.2, 0.25) is 0 Å². The molecular weight excluding hydrogens is 488 g/mol. The molecule has 1 unspecified atom stereocenters. The summed E-state index contributed by atoms with van der Waals surface area (Å²) < 4.78 is 10.8. The SMILES string of the molecule is COC(=O)c1ccc(CC(C=Cc2ccccc2OCCCCCl)CCc2ccc(C(=O)O)cc2)cc1. The summed E-state index contributed by atoms with van der Waals surface area (Å²) in [5, 5.41) is 9.15. The number of benzene rings is 3. The summed E-state index contributed by atoms with van der Waals surface area (Å²) >= 11 is 5.78. The first-order valence-electron chi connectivity index (χ1n) is 12.5. The zero-order valence-electron chi connectivity index (χ0n) is 21.1. The van der Waals surface area contributed by atoms with Gasteiger partial charge in [0, 0.05) is 11.4 Å². The largest absolute Gasteiger partial charge is 0.493 e. The number of allylic oxidation sites excluding steroid dienone is 1. The summed E-state index contributed by atoms with van der Waals surface area (Å²) in [6, 6.07) is 22.5. The molecule has 0 amide bonds. The van der Waals surface area contributed by atoms with Gasteiger partial charge in [0.1, 0.15) is 5.75 Å². The predicted octanol–water partition coefficient (Wildman–Crippen LogP) is 7.07. The minimum Gasteiger partial charge on any atom is -0.493 e. The van der Waals surface area contributed by atoms with E-state index in [1.54, 1.807) is 24.3 Å². The second-order valence-electron chi connectivity index (χ2n) is 8.83. The number of esters is 1. The molecule has 0 saturated carbocycles. The Morgan fingerprint density at radius 3 is 2.27 bits per heavy atom. The van der Waals surface area contributed by atoms with Gasteiger partial charge in [-0.2, -0.15) is 0 Å². The molecule has 5 nitrogen and oxygen atoms in total. The van der Waals surface area contributed by atoms with Gasteiger partial charge in [-0.05, 0) is 79.5 Å². The van der Waals surface area contributed by atoms with Crippen molar-refractivity contribution in [2.45, 2.75) is 32.1 Å². The summed E-state index contributed by atoms with van der Waals surface area (Å²) in [5.74, 6) is 0.416. The van der Waals surface area contributed by atoms with Gasteiger partial charge in [-0.1, -0.05) is 54.6 Å². The molecule has 194 valence electrons. The molecule has 0 aromatic heterocycles. The number of methoxy groups -OCH3 is 1. The van der Waals surface area contributed by atoms with Crippen LogP contribution >= 0.6 is 11.6 Å².